The van der Waals surface area contributed by atoms with Crippen molar-refractivity contribution in [1.82, 2.24) is 0 Å². The number of nitrogens with one attached hydrogen (secondary N) is 1. The molecular formula is C11H9ClINO. The van der Waals surface area contributed by atoms with E-state index in [-0.39, 0.29) is 0 Å². The van der Waals surface area contributed by atoms with Gasteiger partial charge in [-0.3, -0.25) is 0 Å². The Bertz CT molecular complexity index is 455. The SMILES string of the molecule is Clc1ccccc1NCc1ccc(I)o1. The Morgan fingerprint density at radius 1 is 1.20 bits per heavy atom. The van der Waals surface area contributed by atoms with Crippen molar-refractivity contribution >= 4 is 39.9 Å². The molecule has 0 amide bonds. The summed E-state index contributed by atoms with van der Waals surface area (Å²) in [6.45, 7) is 0.646. The first-order valence-electron chi connectivity index (χ1n) is 4.48. The highest BCUT2D eigenvalue weighted by Gasteiger charge is 2.01. The minimum Gasteiger partial charge on any atom is -0.454 e. The van der Waals surface area contributed by atoms with Crippen molar-refractivity contribution in [2.45, 2.75) is 6.54 Å². The Labute approximate surface area is 107 Å². The predicted octanol–water partition coefficient (Wildman–Crippen LogP) is 4.15. The van der Waals surface area contributed by atoms with Crippen molar-refractivity contribution in [1.29, 1.82) is 0 Å². The molecular weight excluding hydrogens is 324 g/mol. The van der Waals surface area contributed by atoms with E-state index < -0.39 is 0 Å². The molecule has 0 aliphatic rings. The molecule has 2 nitrogen and oxygen atoms in total. The van der Waals surface area contributed by atoms with Crippen LogP contribution in [0.25, 0.3) is 0 Å². The van der Waals surface area contributed by atoms with E-state index in [0.717, 1.165) is 20.2 Å². The third kappa shape index (κ3) is 2.89. The molecule has 1 heterocycles. The molecule has 0 unspecified atom stereocenters. The number of rotatable bonds is 3. The maximum Gasteiger partial charge on any atom is 0.164 e. The molecule has 0 fully saturated rings. The Balaban J connectivity index is 2.02. The zero-order chi connectivity index (χ0) is 10.7. The molecule has 0 atom stereocenters. The number of benzene rings is 1. The van der Waals surface area contributed by atoms with Crippen LogP contribution in [0.2, 0.25) is 5.02 Å². The standard InChI is InChI=1S/C11H9ClINO/c12-9-3-1-2-4-10(9)14-7-8-5-6-11(13)15-8/h1-6,14H,7H2. The molecule has 0 bridgehead atoms. The van der Waals surface area contributed by atoms with E-state index in [2.05, 4.69) is 27.9 Å². The average Bonchev–Trinajstić information content (AvgIpc) is 2.63. The van der Waals surface area contributed by atoms with Gasteiger partial charge in [-0.15, -0.1) is 0 Å². The highest BCUT2D eigenvalue weighted by Crippen LogP contribution is 2.21. The molecule has 0 saturated heterocycles. The van der Waals surface area contributed by atoms with Crippen LogP contribution in [0.3, 0.4) is 0 Å². The molecule has 2 rings (SSSR count). The van der Waals surface area contributed by atoms with Gasteiger partial charge < -0.3 is 9.73 Å². The topological polar surface area (TPSA) is 25.2 Å². The van der Waals surface area contributed by atoms with Crippen LogP contribution < -0.4 is 5.32 Å². The van der Waals surface area contributed by atoms with Gasteiger partial charge in [0.25, 0.3) is 0 Å². The van der Waals surface area contributed by atoms with E-state index in [1.54, 1.807) is 0 Å². The summed E-state index contributed by atoms with van der Waals surface area (Å²) in [4.78, 5) is 0. The number of halogens is 2. The molecule has 1 aromatic heterocycles. The lowest BCUT2D eigenvalue weighted by Crippen LogP contribution is -1.98. The maximum atomic E-state index is 6.00. The van der Waals surface area contributed by atoms with Gasteiger partial charge in [-0.2, -0.15) is 0 Å². The monoisotopic (exact) mass is 333 g/mol. The molecule has 1 N–H and O–H groups in total. The summed E-state index contributed by atoms with van der Waals surface area (Å²) in [6.07, 6.45) is 0. The number of hydrogen-bond donors (Lipinski definition) is 1. The third-order valence-corrected chi connectivity index (χ3v) is 2.87. The van der Waals surface area contributed by atoms with Crippen molar-refractivity contribution in [2.24, 2.45) is 0 Å². The minimum atomic E-state index is 0.646. The maximum absolute atomic E-state index is 6.00. The van der Waals surface area contributed by atoms with Gasteiger partial charge in [0.05, 0.1) is 17.3 Å². The molecule has 0 saturated carbocycles. The fourth-order valence-corrected chi connectivity index (χ4v) is 1.90. The van der Waals surface area contributed by atoms with E-state index in [9.17, 15) is 0 Å². The molecule has 0 aliphatic heterocycles. The van der Waals surface area contributed by atoms with Gasteiger partial charge in [-0.05, 0) is 46.9 Å². The second kappa shape index (κ2) is 4.90. The summed E-state index contributed by atoms with van der Waals surface area (Å²) >= 11 is 8.14. The molecule has 4 heteroatoms. The van der Waals surface area contributed by atoms with Crippen molar-refractivity contribution in [3.8, 4) is 0 Å². The van der Waals surface area contributed by atoms with Gasteiger partial charge in [0, 0.05) is 0 Å². The zero-order valence-electron chi connectivity index (χ0n) is 7.84. The van der Waals surface area contributed by atoms with E-state index in [1.165, 1.54) is 0 Å². The van der Waals surface area contributed by atoms with E-state index >= 15 is 0 Å². The Morgan fingerprint density at radius 3 is 2.67 bits per heavy atom. The summed E-state index contributed by atoms with van der Waals surface area (Å²) < 4.78 is 6.32. The average molecular weight is 334 g/mol. The van der Waals surface area contributed by atoms with Crippen molar-refractivity contribution in [3.05, 3.63) is 50.9 Å². The van der Waals surface area contributed by atoms with Gasteiger partial charge in [0.2, 0.25) is 0 Å². The molecule has 78 valence electrons. The first kappa shape index (κ1) is 10.8. The quantitative estimate of drug-likeness (QED) is 0.854. The van der Waals surface area contributed by atoms with Gasteiger partial charge in [-0.25, -0.2) is 0 Å². The number of hydrogen-bond acceptors (Lipinski definition) is 2. The van der Waals surface area contributed by atoms with Crippen LogP contribution in [0.15, 0.2) is 40.8 Å². The highest BCUT2D eigenvalue weighted by molar-refractivity contribution is 14.1. The van der Waals surface area contributed by atoms with Crippen LogP contribution in [-0.4, -0.2) is 0 Å². The Morgan fingerprint density at radius 2 is 2.00 bits per heavy atom. The number of furan rings is 1. The smallest absolute Gasteiger partial charge is 0.164 e. The van der Waals surface area contributed by atoms with E-state index in [1.807, 2.05) is 36.4 Å². The molecule has 0 radical (unpaired) electrons. The summed E-state index contributed by atoms with van der Waals surface area (Å²) in [6, 6.07) is 11.5. The van der Waals surface area contributed by atoms with Crippen LogP contribution in [0.5, 0.6) is 0 Å². The highest BCUT2D eigenvalue weighted by atomic mass is 127. The third-order valence-electron chi connectivity index (χ3n) is 1.96. The Hall–Kier alpha value is -0.680. The van der Waals surface area contributed by atoms with Gasteiger partial charge in [0.1, 0.15) is 5.76 Å². The molecule has 1 aromatic carbocycles. The normalized spacial score (nSPS) is 10.3. The Kier molecular flexibility index (Phi) is 3.53. The van der Waals surface area contributed by atoms with Crippen LogP contribution in [0.4, 0.5) is 5.69 Å². The molecule has 2 aromatic rings. The fourth-order valence-electron chi connectivity index (χ4n) is 1.23. The van der Waals surface area contributed by atoms with Crippen LogP contribution in [-0.2, 0) is 6.54 Å². The minimum absolute atomic E-state index is 0.646. The molecule has 0 spiro atoms. The lowest BCUT2D eigenvalue weighted by atomic mass is 10.3. The second-order valence-electron chi connectivity index (χ2n) is 3.04. The summed E-state index contributed by atoms with van der Waals surface area (Å²) in [5.74, 6) is 0.902. The largest absolute Gasteiger partial charge is 0.454 e. The van der Waals surface area contributed by atoms with E-state index in [0.29, 0.717) is 6.54 Å². The second-order valence-corrected chi connectivity index (χ2v) is 4.51. The first-order valence-corrected chi connectivity index (χ1v) is 5.94. The van der Waals surface area contributed by atoms with Crippen LogP contribution in [0, 0.1) is 3.77 Å². The lowest BCUT2D eigenvalue weighted by Gasteiger charge is -2.05. The molecule has 15 heavy (non-hydrogen) atoms. The fraction of sp³-hybridized carbons (Fsp3) is 0.0909. The van der Waals surface area contributed by atoms with Gasteiger partial charge in [-0.1, -0.05) is 23.7 Å². The predicted molar refractivity (Wildman–Crippen MR) is 70.2 cm³/mol. The van der Waals surface area contributed by atoms with Crippen molar-refractivity contribution < 1.29 is 4.42 Å². The van der Waals surface area contributed by atoms with Crippen molar-refractivity contribution in [2.75, 3.05) is 5.32 Å². The number of anilines is 1. The lowest BCUT2D eigenvalue weighted by molar-refractivity contribution is 0.493. The first-order chi connectivity index (χ1) is 7.25. The van der Waals surface area contributed by atoms with E-state index in [4.69, 9.17) is 16.0 Å². The van der Waals surface area contributed by atoms with Gasteiger partial charge >= 0.3 is 0 Å². The van der Waals surface area contributed by atoms with Crippen LogP contribution in [0.1, 0.15) is 5.76 Å². The number of para-hydroxylation sites is 1. The van der Waals surface area contributed by atoms with Gasteiger partial charge in [0.15, 0.2) is 3.77 Å². The molecule has 0 aliphatic carbocycles. The van der Waals surface area contributed by atoms with Crippen molar-refractivity contribution in [3.63, 3.8) is 0 Å². The summed E-state index contributed by atoms with van der Waals surface area (Å²) in [7, 11) is 0. The summed E-state index contributed by atoms with van der Waals surface area (Å²) in [5.41, 5.74) is 0.922. The zero-order valence-corrected chi connectivity index (χ0v) is 10.7. The van der Waals surface area contributed by atoms with Crippen LogP contribution >= 0.6 is 34.2 Å². The summed E-state index contributed by atoms with van der Waals surface area (Å²) in [5, 5.41) is 3.93.